The van der Waals surface area contributed by atoms with Crippen molar-refractivity contribution in [3.8, 4) is 0 Å². The zero-order valence-corrected chi connectivity index (χ0v) is 5.97. The lowest BCUT2D eigenvalue weighted by Crippen LogP contribution is -2.61. The molecule has 5 nitrogen and oxygen atoms in total. The summed E-state index contributed by atoms with van der Waals surface area (Å²) in [5.74, 6) is 0. The first-order chi connectivity index (χ1) is 5.20. The van der Waals surface area contributed by atoms with Crippen LogP contribution in [0, 0.1) is 0 Å². The van der Waals surface area contributed by atoms with E-state index in [1.165, 1.54) is 0 Å². The van der Waals surface area contributed by atoms with Gasteiger partial charge in [0.2, 0.25) is 0 Å². The first-order valence-corrected chi connectivity index (χ1v) is 3.43. The molecule has 0 aromatic carbocycles. The quantitative estimate of drug-likeness (QED) is 0.490. The Balaban J connectivity index is 2.49. The number of likely N-dealkylation sites (tertiary alicyclic amines) is 1. The predicted octanol–water partition coefficient (Wildman–Crippen LogP) is -0.908. The minimum absolute atomic E-state index is 0.164. The maximum Gasteiger partial charge on any atom is 0.407 e. The summed E-state index contributed by atoms with van der Waals surface area (Å²) in [6, 6.07) is -0.630. The minimum atomic E-state index is -1.07. The molecule has 1 amide bonds. The summed E-state index contributed by atoms with van der Waals surface area (Å²) in [5, 5.41) is 25.8. The van der Waals surface area contributed by atoms with E-state index in [1.54, 1.807) is 0 Å². The summed E-state index contributed by atoms with van der Waals surface area (Å²) in [7, 11) is 0. The van der Waals surface area contributed by atoms with Crippen molar-refractivity contribution in [2.45, 2.75) is 18.5 Å². The highest BCUT2D eigenvalue weighted by Gasteiger charge is 2.40. The lowest BCUT2D eigenvalue weighted by molar-refractivity contribution is -0.0254. The number of rotatable bonds is 2. The summed E-state index contributed by atoms with van der Waals surface area (Å²) in [6.07, 6.45) is -0.520. The summed E-state index contributed by atoms with van der Waals surface area (Å²) < 4.78 is 0. The molecule has 1 heterocycles. The van der Waals surface area contributed by atoms with E-state index in [0.717, 1.165) is 4.90 Å². The fourth-order valence-corrected chi connectivity index (χ4v) is 1.34. The first-order valence-electron chi connectivity index (χ1n) is 3.43. The zero-order valence-electron chi connectivity index (χ0n) is 5.97. The van der Waals surface area contributed by atoms with Crippen LogP contribution in [0.1, 0.15) is 6.42 Å². The van der Waals surface area contributed by atoms with Crippen molar-refractivity contribution < 1.29 is 20.1 Å². The molecule has 0 spiro atoms. The first kappa shape index (κ1) is 8.29. The summed E-state index contributed by atoms with van der Waals surface area (Å²) in [4.78, 5) is 11.5. The van der Waals surface area contributed by atoms with E-state index < -0.39 is 6.09 Å². The van der Waals surface area contributed by atoms with E-state index >= 15 is 0 Å². The number of carboxylic acid groups (broad SMARTS) is 1. The van der Waals surface area contributed by atoms with Crippen molar-refractivity contribution in [2.75, 3.05) is 13.2 Å². The van der Waals surface area contributed by atoms with Crippen LogP contribution in [0.3, 0.4) is 0 Å². The molecular formula is C6H11NO4. The molecule has 11 heavy (non-hydrogen) atoms. The third kappa shape index (κ3) is 1.29. The molecule has 5 heteroatoms. The normalized spacial score (nSPS) is 29.8. The lowest BCUT2D eigenvalue weighted by Gasteiger charge is -2.44. The molecule has 1 aliphatic heterocycles. The van der Waals surface area contributed by atoms with Gasteiger partial charge in [0.05, 0.1) is 25.3 Å². The lowest BCUT2D eigenvalue weighted by atomic mass is 9.95. The van der Waals surface area contributed by atoms with Gasteiger partial charge in [0.15, 0.2) is 0 Å². The Kier molecular flexibility index (Phi) is 2.31. The maximum absolute atomic E-state index is 10.4. The molecule has 64 valence electrons. The van der Waals surface area contributed by atoms with Crippen LogP contribution < -0.4 is 0 Å². The van der Waals surface area contributed by atoms with E-state index in [2.05, 4.69) is 0 Å². The van der Waals surface area contributed by atoms with Crippen molar-refractivity contribution in [3.05, 3.63) is 0 Å². The Labute approximate surface area is 63.9 Å². The van der Waals surface area contributed by atoms with Gasteiger partial charge < -0.3 is 15.3 Å². The van der Waals surface area contributed by atoms with Gasteiger partial charge in [-0.3, -0.25) is 4.90 Å². The standard InChI is InChI=1S/C6H11NO4/c8-2-4-1-5(3-9)7(4)6(10)11/h4-5,8-9H,1-3H2,(H,10,11)/t4-,5-/m1/s1. The van der Waals surface area contributed by atoms with Gasteiger partial charge in [0.25, 0.3) is 0 Å². The molecule has 0 aliphatic carbocycles. The van der Waals surface area contributed by atoms with Gasteiger partial charge in [-0.15, -0.1) is 0 Å². The van der Waals surface area contributed by atoms with Crippen LogP contribution in [-0.2, 0) is 0 Å². The number of amides is 1. The van der Waals surface area contributed by atoms with Crippen molar-refractivity contribution in [2.24, 2.45) is 0 Å². The minimum Gasteiger partial charge on any atom is -0.465 e. The Morgan fingerprint density at radius 1 is 1.36 bits per heavy atom. The Morgan fingerprint density at radius 2 is 1.82 bits per heavy atom. The van der Waals surface area contributed by atoms with Gasteiger partial charge in [-0.25, -0.2) is 4.79 Å². The van der Waals surface area contributed by atoms with Crippen LogP contribution in [-0.4, -0.2) is 51.6 Å². The fourth-order valence-electron chi connectivity index (χ4n) is 1.34. The molecule has 1 rings (SSSR count). The van der Waals surface area contributed by atoms with E-state index in [4.69, 9.17) is 15.3 Å². The average molecular weight is 161 g/mol. The largest absolute Gasteiger partial charge is 0.465 e. The highest BCUT2D eigenvalue weighted by Crippen LogP contribution is 2.24. The highest BCUT2D eigenvalue weighted by atomic mass is 16.4. The number of aliphatic hydroxyl groups excluding tert-OH is 2. The zero-order chi connectivity index (χ0) is 8.43. The predicted molar refractivity (Wildman–Crippen MR) is 36.2 cm³/mol. The number of hydrogen-bond acceptors (Lipinski definition) is 3. The van der Waals surface area contributed by atoms with Crippen molar-refractivity contribution in [1.82, 2.24) is 4.90 Å². The Morgan fingerprint density at radius 3 is 2.09 bits per heavy atom. The second kappa shape index (κ2) is 3.06. The number of aliphatic hydroxyl groups is 2. The Bertz CT molecular complexity index is 151. The van der Waals surface area contributed by atoms with E-state index in [1.807, 2.05) is 0 Å². The van der Waals surface area contributed by atoms with Gasteiger partial charge in [-0.05, 0) is 6.42 Å². The third-order valence-electron chi connectivity index (χ3n) is 1.97. The van der Waals surface area contributed by atoms with E-state index in [0.29, 0.717) is 6.42 Å². The van der Waals surface area contributed by atoms with Crippen molar-refractivity contribution in [3.63, 3.8) is 0 Å². The van der Waals surface area contributed by atoms with Crippen LogP contribution in [0.25, 0.3) is 0 Å². The van der Waals surface area contributed by atoms with Gasteiger partial charge >= 0.3 is 6.09 Å². The summed E-state index contributed by atoms with van der Waals surface area (Å²) in [6.45, 7) is -0.328. The van der Waals surface area contributed by atoms with Crippen molar-refractivity contribution >= 4 is 6.09 Å². The van der Waals surface area contributed by atoms with Crippen LogP contribution in [0.5, 0.6) is 0 Å². The highest BCUT2D eigenvalue weighted by molar-refractivity contribution is 5.67. The van der Waals surface area contributed by atoms with Crippen LogP contribution in [0.2, 0.25) is 0 Å². The van der Waals surface area contributed by atoms with E-state index in [-0.39, 0.29) is 25.3 Å². The molecule has 0 bridgehead atoms. The van der Waals surface area contributed by atoms with Gasteiger partial charge in [-0.2, -0.15) is 0 Å². The smallest absolute Gasteiger partial charge is 0.407 e. The molecule has 0 aromatic rings. The second-order valence-corrected chi connectivity index (χ2v) is 2.60. The van der Waals surface area contributed by atoms with Gasteiger partial charge in [0, 0.05) is 0 Å². The maximum atomic E-state index is 10.4. The van der Waals surface area contributed by atoms with Gasteiger partial charge in [0.1, 0.15) is 0 Å². The number of carbonyl (C=O) groups is 1. The third-order valence-corrected chi connectivity index (χ3v) is 1.97. The molecular weight excluding hydrogens is 150 g/mol. The summed E-state index contributed by atoms with van der Waals surface area (Å²) >= 11 is 0. The second-order valence-electron chi connectivity index (χ2n) is 2.60. The molecule has 0 saturated carbocycles. The van der Waals surface area contributed by atoms with Gasteiger partial charge in [-0.1, -0.05) is 0 Å². The summed E-state index contributed by atoms with van der Waals surface area (Å²) in [5.41, 5.74) is 0. The van der Waals surface area contributed by atoms with Crippen LogP contribution in [0.4, 0.5) is 4.79 Å². The molecule has 0 radical (unpaired) electrons. The molecule has 2 atom stereocenters. The molecule has 1 aliphatic rings. The molecule has 1 saturated heterocycles. The average Bonchev–Trinajstić information content (AvgIpc) is 1.86. The van der Waals surface area contributed by atoms with Crippen LogP contribution >= 0.6 is 0 Å². The fraction of sp³-hybridized carbons (Fsp3) is 0.833. The molecule has 3 N–H and O–H groups in total. The SMILES string of the molecule is O=C(O)N1[C@@H](CO)C[C@@H]1CO. The monoisotopic (exact) mass is 161 g/mol. The molecule has 1 fully saturated rings. The topological polar surface area (TPSA) is 81.0 Å². The molecule has 0 unspecified atom stereocenters. The number of nitrogens with zero attached hydrogens (tertiary/aromatic N) is 1. The van der Waals surface area contributed by atoms with Crippen molar-refractivity contribution in [1.29, 1.82) is 0 Å². The number of hydrogen-bond donors (Lipinski definition) is 3. The van der Waals surface area contributed by atoms with E-state index in [9.17, 15) is 4.79 Å². The van der Waals surface area contributed by atoms with Crippen LogP contribution in [0.15, 0.2) is 0 Å². The molecule has 0 aromatic heterocycles. The Hall–Kier alpha value is -0.810.